The monoisotopic (exact) mass is 243 g/mol. The van der Waals surface area contributed by atoms with Gasteiger partial charge in [-0.2, -0.15) is 0 Å². The molecule has 1 rings (SSSR count). The molecule has 0 unspecified atom stereocenters. The lowest BCUT2D eigenvalue weighted by atomic mass is 10.4. The molecular weight excluding hydrogens is 226 g/mol. The third kappa shape index (κ3) is 3.30. The number of sulfonamides is 1. The summed E-state index contributed by atoms with van der Waals surface area (Å²) in [4.78, 5) is 0.329. The normalized spacial score (nSPS) is 11.9. The van der Waals surface area contributed by atoms with Crippen LogP contribution in [0.3, 0.4) is 0 Å². The average Bonchev–Trinajstić information content (AvgIpc) is 2.30. The van der Waals surface area contributed by atoms with Crippen molar-refractivity contribution in [3.63, 3.8) is 0 Å². The molecule has 0 saturated heterocycles. The van der Waals surface area contributed by atoms with Crippen LogP contribution in [0.15, 0.2) is 35.2 Å². The summed E-state index contributed by atoms with van der Waals surface area (Å²) in [6, 6.07) is 8.43. The van der Waals surface area contributed by atoms with Crippen LogP contribution < -0.4 is 0 Å². The highest BCUT2D eigenvalue weighted by atomic mass is 32.2. The maximum atomic E-state index is 12.0. The first kappa shape index (κ1) is 13.2. The lowest BCUT2D eigenvalue weighted by molar-refractivity contribution is 0.189. The Hall–Kier alpha value is -0.910. The zero-order valence-electron chi connectivity index (χ0n) is 9.59. The Morgan fingerprint density at radius 2 is 1.88 bits per heavy atom. The number of ether oxygens (including phenoxy) is 1. The second kappa shape index (κ2) is 5.98. The van der Waals surface area contributed by atoms with Crippen LogP contribution in [0.5, 0.6) is 0 Å². The highest BCUT2D eigenvalue weighted by Crippen LogP contribution is 2.13. The van der Waals surface area contributed by atoms with Crippen molar-refractivity contribution in [2.24, 2.45) is 0 Å². The zero-order valence-corrected chi connectivity index (χ0v) is 10.4. The maximum absolute atomic E-state index is 12.0. The highest BCUT2D eigenvalue weighted by Gasteiger charge is 2.19. The molecular formula is C11H17NO3S. The first-order chi connectivity index (χ1) is 7.59. The number of methoxy groups -OCH3 is 1. The second-order valence-corrected chi connectivity index (χ2v) is 5.53. The molecule has 4 nitrogen and oxygen atoms in total. The summed E-state index contributed by atoms with van der Waals surface area (Å²) in [6.07, 6.45) is 0.694. The van der Waals surface area contributed by atoms with Crippen molar-refractivity contribution in [1.29, 1.82) is 0 Å². The van der Waals surface area contributed by atoms with Crippen molar-refractivity contribution in [2.75, 3.05) is 27.3 Å². The van der Waals surface area contributed by atoms with E-state index >= 15 is 0 Å². The van der Waals surface area contributed by atoms with Gasteiger partial charge in [0.1, 0.15) is 0 Å². The Labute approximate surface area is 96.9 Å². The fourth-order valence-corrected chi connectivity index (χ4v) is 2.55. The van der Waals surface area contributed by atoms with E-state index in [1.54, 1.807) is 44.5 Å². The predicted molar refractivity (Wildman–Crippen MR) is 62.8 cm³/mol. The number of hydrogen-bond acceptors (Lipinski definition) is 3. The van der Waals surface area contributed by atoms with Gasteiger partial charge >= 0.3 is 0 Å². The van der Waals surface area contributed by atoms with Crippen LogP contribution >= 0.6 is 0 Å². The molecule has 0 atom stereocenters. The molecule has 0 bridgehead atoms. The van der Waals surface area contributed by atoms with Gasteiger partial charge in [0.15, 0.2) is 0 Å². The van der Waals surface area contributed by atoms with E-state index in [1.807, 2.05) is 0 Å². The van der Waals surface area contributed by atoms with Crippen LogP contribution in [-0.4, -0.2) is 40.0 Å². The molecule has 16 heavy (non-hydrogen) atoms. The van der Waals surface area contributed by atoms with Gasteiger partial charge in [0, 0.05) is 27.3 Å². The van der Waals surface area contributed by atoms with Gasteiger partial charge in [-0.1, -0.05) is 18.2 Å². The largest absolute Gasteiger partial charge is 0.385 e. The molecule has 0 saturated carbocycles. The van der Waals surface area contributed by atoms with Gasteiger partial charge in [-0.15, -0.1) is 0 Å². The Balaban J connectivity index is 2.71. The van der Waals surface area contributed by atoms with E-state index in [9.17, 15) is 8.42 Å². The van der Waals surface area contributed by atoms with Crippen LogP contribution in [-0.2, 0) is 14.8 Å². The third-order valence-electron chi connectivity index (χ3n) is 2.27. The van der Waals surface area contributed by atoms with Crippen LogP contribution in [0.2, 0.25) is 0 Å². The van der Waals surface area contributed by atoms with E-state index < -0.39 is 10.0 Å². The Morgan fingerprint density at radius 1 is 1.25 bits per heavy atom. The van der Waals surface area contributed by atoms with Gasteiger partial charge in [0.05, 0.1) is 4.90 Å². The summed E-state index contributed by atoms with van der Waals surface area (Å²) in [5, 5.41) is 0. The first-order valence-electron chi connectivity index (χ1n) is 5.09. The number of benzene rings is 1. The summed E-state index contributed by atoms with van der Waals surface area (Å²) in [5.41, 5.74) is 0. The minimum atomic E-state index is -3.34. The fraction of sp³-hybridized carbons (Fsp3) is 0.455. The first-order valence-corrected chi connectivity index (χ1v) is 6.53. The van der Waals surface area contributed by atoms with Crippen LogP contribution in [0.4, 0.5) is 0 Å². The fourth-order valence-electron chi connectivity index (χ4n) is 1.32. The molecule has 1 aromatic carbocycles. The minimum absolute atomic E-state index is 0.329. The van der Waals surface area contributed by atoms with Crippen molar-refractivity contribution < 1.29 is 13.2 Å². The van der Waals surface area contributed by atoms with E-state index in [4.69, 9.17) is 4.74 Å². The van der Waals surface area contributed by atoms with Crippen LogP contribution in [0.25, 0.3) is 0 Å². The van der Waals surface area contributed by atoms with Gasteiger partial charge in [-0.3, -0.25) is 0 Å². The lowest BCUT2D eigenvalue weighted by Crippen LogP contribution is -2.28. The third-order valence-corrected chi connectivity index (χ3v) is 4.14. The maximum Gasteiger partial charge on any atom is 0.242 e. The van der Waals surface area contributed by atoms with Gasteiger partial charge in [-0.25, -0.2) is 12.7 Å². The standard InChI is InChI=1S/C11H17NO3S/c1-12(9-6-10-15-2)16(13,14)11-7-4-3-5-8-11/h3-5,7-8H,6,9-10H2,1-2H3. The van der Waals surface area contributed by atoms with E-state index in [1.165, 1.54) is 4.31 Å². The lowest BCUT2D eigenvalue weighted by Gasteiger charge is -2.16. The van der Waals surface area contributed by atoms with Gasteiger partial charge in [0.25, 0.3) is 0 Å². The molecule has 0 fully saturated rings. The Kier molecular flexibility index (Phi) is 4.92. The second-order valence-electron chi connectivity index (χ2n) is 3.49. The van der Waals surface area contributed by atoms with Gasteiger partial charge in [-0.05, 0) is 18.6 Å². The molecule has 5 heteroatoms. The molecule has 1 aromatic rings. The topological polar surface area (TPSA) is 46.6 Å². The van der Waals surface area contributed by atoms with Crippen molar-refractivity contribution in [3.8, 4) is 0 Å². The minimum Gasteiger partial charge on any atom is -0.385 e. The summed E-state index contributed by atoms with van der Waals surface area (Å²) in [7, 11) is -0.157. The smallest absolute Gasteiger partial charge is 0.242 e. The molecule has 0 aliphatic rings. The van der Waals surface area contributed by atoms with E-state index in [-0.39, 0.29) is 0 Å². The molecule has 0 N–H and O–H groups in total. The molecule has 0 heterocycles. The summed E-state index contributed by atoms with van der Waals surface area (Å²) < 4.78 is 30.3. The summed E-state index contributed by atoms with van der Waals surface area (Å²) in [6.45, 7) is 1.03. The molecule has 0 aromatic heterocycles. The Morgan fingerprint density at radius 3 is 2.44 bits per heavy atom. The highest BCUT2D eigenvalue weighted by molar-refractivity contribution is 7.89. The summed E-state index contributed by atoms with van der Waals surface area (Å²) >= 11 is 0. The molecule has 0 radical (unpaired) electrons. The van der Waals surface area contributed by atoms with Gasteiger partial charge < -0.3 is 4.74 Å². The van der Waals surface area contributed by atoms with Crippen molar-refractivity contribution in [3.05, 3.63) is 30.3 Å². The van der Waals surface area contributed by atoms with E-state index in [0.29, 0.717) is 24.5 Å². The number of nitrogens with zero attached hydrogens (tertiary/aromatic N) is 1. The van der Waals surface area contributed by atoms with Crippen LogP contribution in [0, 0.1) is 0 Å². The van der Waals surface area contributed by atoms with Crippen molar-refractivity contribution in [2.45, 2.75) is 11.3 Å². The molecule has 0 spiro atoms. The molecule has 90 valence electrons. The number of rotatable bonds is 6. The predicted octanol–water partition coefficient (Wildman–Crippen LogP) is 1.34. The molecule has 0 amide bonds. The SMILES string of the molecule is COCCCN(C)S(=O)(=O)c1ccccc1. The van der Waals surface area contributed by atoms with Gasteiger partial charge in [0.2, 0.25) is 10.0 Å². The quantitative estimate of drug-likeness (QED) is 0.708. The van der Waals surface area contributed by atoms with E-state index in [0.717, 1.165) is 0 Å². The van der Waals surface area contributed by atoms with Crippen molar-refractivity contribution in [1.82, 2.24) is 4.31 Å². The summed E-state index contributed by atoms with van der Waals surface area (Å²) in [5.74, 6) is 0. The average molecular weight is 243 g/mol. The van der Waals surface area contributed by atoms with E-state index in [2.05, 4.69) is 0 Å². The molecule has 0 aliphatic heterocycles. The zero-order chi connectivity index (χ0) is 12.0. The Bertz CT molecular complexity index is 402. The molecule has 0 aliphatic carbocycles. The van der Waals surface area contributed by atoms with Crippen LogP contribution in [0.1, 0.15) is 6.42 Å². The van der Waals surface area contributed by atoms with Crippen molar-refractivity contribution >= 4 is 10.0 Å². The number of hydrogen-bond donors (Lipinski definition) is 0.